The zero-order valence-electron chi connectivity index (χ0n) is 11.1. The molecule has 1 amide bonds. The molecule has 0 saturated carbocycles. The van der Waals surface area contributed by atoms with Gasteiger partial charge in [0.1, 0.15) is 11.3 Å². The number of anilines is 1. The van der Waals surface area contributed by atoms with Crippen LogP contribution in [-0.2, 0) is 7.05 Å². The van der Waals surface area contributed by atoms with E-state index in [-0.39, 0.29) is 0 Å². The highest BCUT2D eigenvalue weighted by atomic mass is 35.5. The Balaban J connectivity index is 1.72. The van der Waals surface area contributed by atoms with E-state index in [1.807, 2.05) is 6.07 Å². The number of nitrogens with zero attached hydrogens (tertiary/aromatic N) is 3. The molecule has 0 bridgehead atoms. The van der Waals surface area contributed by atoms with Crippen molar-refractivity contribution >= 4 is 34.4 Å². The molecule has 0 aliphatic heterocycles. The first-order chi connectivity index (χ1) is 10.1. The highest BCUT2D eigenvalue weighted by Gasteiger charge is 2.07. The first kappa shape index (κ1) is 13.4. The first-order valence-electron chi connectivity index (χ1n) is 6.16. The Hall–Kier alpha value is -2.60. The van der Waals surface area contributed by atoms with E-state index in [4.69, 9.17) is 16.3 Å². The van der Waals surface area contributed by atoms with E-state index >= 15 is 0 Å². The third-order valence-electron chi connectivity index (χ3n) is 2.88. The van der Waals surface area contributed by atoms with Gasteiger partial charge in [0.2, 0.25) is 0 Å². The zero-order valence-corrected chi connectivity index (χ0v) is 11.8. The van der Waals surface area contributed by atoms with Crippen LogP contribution in [0.5, 0.6) is 5.75 Å². The topological polar surface area (TPSA) is 69.0 Å². The monoisotopic (exact) mass is 302 g/mol. The number of aryl methyl sites for hydroxylation is 1. The molecule has 1 heterocycles. The molecule has 0 unspecified atom stereocenters. The van der Waals surface area contributed by atoms with Crippen LogP contribution in [0.4, 0.5) is 10.5 Å². The number of aromatic nitrogens is 3. The van der Waals surface area contributed by atoms with Gasteiger partial charge in [-0.1, -0.05) is 16.8 Å². The van der Waals surface area contributed by atoms with Gasteiger partial charge >= 0.3 is 6.09 Å². The van der Waals surface area contributed by atoms with Crippen molar-refractivity contribution in [1.82, 2.24) is 15.0 Å². The Morgan fingerprint density at radius 3 is 2.76 bits per heavy atom. The molecule has 0 spiro atoms. The van der Waals surface area contributed by atoms with E-state index in [0.717, 1.165) is 5.52 Å². The summed E-state index contributed by atoms with van der Waals surface area (Å²) in [5, 5.41) is 11.1. The summed E-state index contributed by atoms with van der Waals surface area (Å²) in [6, 6.07) is 11.8. The minimum Gasteiger partial charge on any atom is -0.410 e. The number of halogens is 1. The normalized spacial score (nSPS) is 10.6. The number of fused-ring (bicyclic) bond motifs is 1. The quantitative estimate of drug-likeness (QED) is 0.789. The number of carbonyl (C=O) groups excluding carboxylic acids is 1. The fourth-order valence-electron chi connectivity index (χ4n) is 1.87. The Morgan fingerprint density at radius 2 is 2.00 bits per heavy atom. The predicted octanol–water partition coefficient (Wildman–Crippen LogP) is 3.23. The Labute approximate surface area is 125 Å². The molecule has 0 aliphatic carbocycles. The second kappa shape index (κ2) is 5.41. The van der Waals surface area contributed by atoms with Gasteiger partial charge in [-0.05, 0) is 42.5 Å². The SMILES string of the molecule is Cn1nnc2cc(NC(=O)Oc3ccc(Cl)cc3)ccc21. The molecule has 1 aromatic heterocycles. The molecule has 0 aliphatic rings. The van der Waals surface area contributed by atoms with Crippen LogP contribution in [0, 0.1) is 0 Å². The number of amides is 1. The summed E-state index contributed by atoms with van der Waals surface area (Å²) in [4.78, 5) is 11.8. The second-order valence-electron chi connectivity index (χ2n) is 4.38. The van der Waals surface area contributed by atoms with Crippen molar-refractivity contribution in [2.24, 2.45) is 7.05 Å². The maximum atomic E-state index is 11.8. The lowest BCUT2D eigenvalue weighted by atomic mass is 10.3. The maximum absolute atomic E-state index is 11.8. The average molecular weight is 303 g/mol. The summed E-state index contributed by atoms with van der Waals surface area (Å²) in [6.45, 7) is 0. The van der Waals surface area contributed by atoms with Gasteiger partial charge in [-0.3, -0.25) is 5.32 Å². The van der Waals surface area contributed by atoms with Gasteiger partial charge in [-0.2, -0.15) is 0 Å². The van der Waals surface area contributed by atoms with Crippen LogP contribution >= 0.6 is 11.6 Å². The van der Waals surface area contributed by atoms with Crippen molar-refractivity contribution in [3.05, 3.63) is 47.5 Å². The minimum atomic E-state index is -0.583. The van der Waals surface area contributed by atoms with E-state index in [1.54, 1.807) is 48.1 Å². The van der Waals surface area contributed by atoms with Crippen LogP contribution in [-0.4, -0.2) is 21.1 Å². The van der Waals surface area contributed by atoms with Gasteiger partial charge in [0.25, 0.3) is 0 Å². The summed E-state index contributed by atoms with van der Waals surface area (Å²) in [7, 11) is 1.80. The zero-order chi connectivity index (χ0) is 14.8. The summed E-state index contributed by atoms with van der Waals surface area (Å²) in [6.07, 6.45) is -0.583. The van der Waals surface area contributed by atoms with Crippen LogP contribution in [0.15, 0.2) is 42.5 Å². The molecular weight excluding hydrogens is 292 g/mol. The van der Waals surface area contributed by atoms with Crippen LogP contribution in [0.25, 0.3) is 11.0 Å². The first-order valence-corrected chi connectivity index (χ1v) is 6.53. The van der Waals surface area contributed by atoms with Gasteiger partial charge in [-0.25, -0.2) is 9.48 Å². The van der Waals surface area contributed by atoms with Crippen LogP contribution in [0.1, 0.15) is 0 Å². The third-order valence-corrected chi connectivity index (χ3v) is 3.13. The van der Waals surface area contributed by atoms with Gasteiger partial charge in [0, 0.05) is 17.8 Å². The molecule has 0 saturated heterocycles. The van der Waals surface area contributed by atoms with Gasteiger partial charge in [-0.15, -0.1) is 5.10 Å². The third kappa shape index (κ3) is 2.95. The van der Waals surface area contributed by atoms with Crippen molar-refractivity contribution in [2.75, 3.05) is 5.32 Å². The Kier molecular flexibility index (Phi) is 3.45. The standard InChI is InChI=1S/C14H11ClN4O2/c1-19-13-7-4-10(8-12(13)17-18-19)16-14(20)21-11-5-2-9(15)3-6-11/h2-8H,1H3,(H,16,20). The van der Waals surface area contributed by atoms with Crippen molar-refractivity contribution in [3.8, 4) is 5.75 Å². The number of nitrogens with one attached hydrogen (secondary N) is 1. The van der Waals surface area contributed by atoms with Crippen LogP contribution in [0.2, 0.25) is 5.02 Å². The molecule has 7 heteroatoms. The van der Waals surface area contributed by atoms with Crippen molar-refractivity contribution in [2.45, 2.75) is 0 Å². The van der Waals surface area contributed by atoms with Gasteiger partial charge in [0.15, 0.2) is 0 Å². The minimum absolute atomic E-state index is 0.414. The van der Waals surface area contributed by atoms with E-state index < -0.39 is 6.09 Å². The number of carbonyl (C=O) groups is 1. The van der Waals surface area contributed by atoms with Crippen molar-refractivity contribution in [3.63, 3.8) is 0 Å². The molecule has 0 radical (unpaired) electrons. The van der Waals surface area contributed by atoms with Crippen molar-refractivity contribution in [1.29, 1.82) is 0 Å². The molecule has 2 aromatic carbocycles. The summed E-state index contributed by atoms with van der Waals surface area (Å²) in [5.74, 6) is 0.414. The maximum Gasteiger partial charge on any atom is 0.417 e. The molecular formula is C14H11ClN4O2. The number of hydrogen-bond donors (Lipinski definition) is 1. The number of rotatable bonds is 2. The summed E-state index contributed by atoms with van der Waals surface area (Å²) >= 11 is 5.76. The molecule has 3 rings (SSSR count). The highest BCUT2D eigenvalue weighted by molar-refractivity contribution is 6.30. The smallest absolute Gasteiger partial charge is 0.410 e. The molecule has 0 fully saturated rings. The molecule has 106 valence electrons. The lowest BCUT2D eigenvalue weighted by Gasteiger charge is -2.06. The molecule has 21 heavy (non-hydrogen) atoms. The number of hydrogen-bond acceptors (Lipinski definition) is 4. The van der Waals surface area contributed by atoms with Gasteiger partial charge in [0.05, 0.1) is 5.52 Å². The fourth-order valence-corrected chi connectivity index (χ4v) is 2.00. The van der Waals surface area contributed by atoms with Crippen LogP contribution < -0.4 is 10.1 Å². The number of ether oxygens (including phenoxy) is 1. The van der Waals surface area contributed by atoms with Crippen LogP contribution in [0.3, 0.4) is 0 Å². The Morgan fingerprint density at radius 1 is 1.24 bits per heavy atom. The van der Waals surface area contributed by atoms with Crippen molar-refractivity contribution < 1.29 is 9.53 Å². The number of benzene rings is 2. The lowest BCUT2D eigenvalue weighted by Crippen LogP contribution is -2.16. The van der Waals surface area contributed by atoms with Gasteiger partial charge < -0.3 is 4.74 Å². The average Bonchev–Trinajstić information content (AvgIpc) is 2.82. The predicted molar refractivity (Wildman–Crippen MR) is 79.6 cm³/mol. The second-order valence-corrected chi connectivity index (χ2v) is 4.82. The fraction of sp³-hybridized carbons (Fsp3) is 0.0714. The summed E-state index contributed by atoms with van der Waals surface area (Å²) < 4.78 is 6.80. The molecule has 3 aromatic rings. The molecule has 1 N–H and O–H groups in total. The van der Waals surface area contributed by atoms with E-state index in [9.17, 15) is 4.79 Å². The largest absolute Gasteiger partial charge is 0.417 e. The lowest BCUT2D eigenvalue weighted by molar-refractivity contribution is 0.215. The summed E-state index contributed by atoms with van der Waals surface area (Å²) in [5.41, 5.74) is 2.16. The Bertz CT molecular complexity index is 798. The molecule has 6 nitrogen and oxygen atoms in total. The van der Waals surface area contributed by atoms with E-state index in [2.05, 4.69) is 15.6 Å². The van der Waals surface area contributed by atoms with E-state index in [1.165, 1.54) is 0 Å². The van der Waals surface area contributed by atoms with E-state index in [0.29, 0.717) is 22.0 Å². The highest BCUT2D eigenvalue weighted by Crippen LogP contribution is 2.18. The molecule has 0 atom stereocenters.